The molecule has 0 saturated carbocycles. The number of benzene rings is 5. The van der Waals surface area contributed by atoms with E-state index in [2.05, 4.69) is 72.8 Å². The minimum Gasteiger partial charge on any atom is -0.494 e. The number of unbranched alkanes of at least 4 members (excludes halogenated alkanes) is 2. The molecule has 6 nitrogen and oxygen atoms in total. The Hall–Kier alpha value is -4.78. The molecule has 6 heteroatoms. The maximum Gasteiger partial charge on any atom is 0.119 e. The van der Waals surface area contributed by atoms with Crippen molar-refractivity contribution >= 4 is 0 Å². The molecule has 2 saturated heterocycles. The Bertz CT molecular complexity index is 1620. The first-order valence-corrected chi connectivity index (χ1v) is 19.0. The smallest absolute Gasteiger partial charge is 0.119 e. The predicted octanol–water partition coefficient (Wildman–Crippen LogP) is 10.2. The molecule has 2 aliphatic heterocycles. The van der Waals surface area contributed by atoms with Gasteiger partial charge in [-0.1, -0.05) is 72.8 Å². The fourth-order valence-electron chi connectivity index (χ4n) is 6.22. The van der Waals surface area contributed by atoms with Gasteiger partial charge in [0.2, 0.25) is 0 Å². The van der Waals surface area contributed by atoms with Gasteiger partial charge in [0.15, 0.2) is 0 Å². The van der Waals surface area contributed by atoms with Crippen LogP contribution in [0.15, 0.2) is 121 Å². The lowest BCUT2D eigenvalue weighted by molar-refractivity contribution is 0.299. The van der Waals surface area contributed by atoms with Crippen LogP contribution >= 0.6 is 0 Å². The summed E-state index contributed by atoms with van der Waals surface area (Å²) in [5.74, 6) is 3.60. The van der Waals surface area contributed by atoms with Crippen LogP contribution in [0, 0.1) is 0 Å². The summed E-state index contributed by atoms with van der Waals surface area (Å²) < 4.78 is 34.5. The van der Waals surface area contributed by atoms with Gasteiger partial charge >= 0.3 is 0 Å². The monoisotopic (exact) mass is 698 g/mol. The van der Waals surface area contributed by atoms with E-state index in [1.807, 2.05) is 48.5 Å². The molecule has 0 N–H and O–H groups in total. The van der Waals surface area contributed by atoms with Gasteiger partial charge in [-0.25, -0.2) is 0 Å². The zero-order valence-electron chi connectivity index (χ0n) is 30.1. The average Bonchev–Trinajstić information content (AvgIpc) is 4.14. The molecule has 0 aliphatic carbocycles. The molecule has 0 amide bonds. The summed E-state index contributed by atoms with van der Waals surface area (Å²) in [5.41, 5.74) is 7.17. The lowest BCUT2D eigenvalue weighted by Crippen LogP contribution is -2.03. The van der Waals surface area contributed by atoms with Crippen molar-refractivity contribution in [2.45, 2.75) is 63.6 Å². The first kappa shape index (κ1) is 35.6. The highest BCUT2D eigenvalue weighted by atomic mass is 16.6. The third kappa shape index (κ3) is 11.6. The van der Waals surface area contributed by atoms with E-state index in [0.717, 1.165) is 123 Å². The molecule has 270 valence electrons. The maximum absolute atomic E-state index is 6.06. The molecule has 2 fully saturated rings. The van der Waals surface area contributed by atoms with Gasteiger partial charge in [0.05, 0.1) is 51.8 Å². The number of ether oxygens (including phenoxy) is 6. The molecule has 0 bridgehead atoms. The second-order valence-electron chi connectivity index (χ2n) is 13.7. The third-order valence-electron chi connectivity index (χ3n) is 9.61. The van der Waals surface area contributed by atoms with Crippen LogP contribution in [0.5, 0.6) is 23.0 Å². The third-order valence-corrected chi connectivity index (χ3v) is 9.61. The summed E-state index contributed by atoms with van der Waals surface area (Å²) in [6.07, 6.45) is 9.46. The Kier molecular flexibility index (Phi) is 12.8. The van der Waals surface area contributed by atoms with Crippen molar-refractivity contribution in [3.05, 3.63) is 132 Å². The summed E-state index contributed by atoms with van der Waals surface area (Å²) in [6.45, 7) is 4.63. The van der Waals surface area contributed by atoms with Crippen LogP contribution in [0.1, 0.15) is 49.7 Å². The second kappa shape index (κ2) is 18.6. The summed E-state index contributed by atoms with van der Waals surface area (Å²) in [7, 11) is 0. The second-order valence-corrected chi connectivity index (χ2v) is 13.7. The van der Waals surface area contributed by atoms with Crippen molar-refractivity contribution < 1.29 is 28.4 Å². The zero-order valence-corrected chi connectivity index (χ0v) is 30.1. The molecule has 7 rings (SSSR count). The van der Waals surface area contributed by atoms with E-state index in [1.54, 1.807) is 0 Å². The summed E-state index contributed by atoms with van der Waals surface area (Å²) >= 11 is 0. The Morgan fingerprint density at radius 3 is 0.942 bits per heavy atom. The molecule has 5 aromatic carbocycles. The van der Waals surface area contributed by atoms with Crippen molar-refractivity contribution in [1.29, 1.82) is 0 Å². The van der Waals surface area contributed by atoms with E-state index in [-0.39, 0.29) is 0 Å². The van der Waals surface area contributed by atoms with Crippen LogP contribution in [0.4, 0.5) is 0 Å². The molecule has 52 heavy (non-hydrogen) atoms. The zero-order chi connectivity index (χ0) is 35.2. The van der Waals surface area contributed by atoms with Gasteiger partial charge in [0.25, 0.3) is 0 Å². The van der Waals surface area contributed by atoms with Gasteiger partial charge < -0.3 is 28.4 Å². The Balaban J connectivity index is 0.766. The lowest BCUT2D eigenvalue weighted by atomic mass is 10.1. The van der Waals surface area contributed by atoms with E-state index in [1.165, 1.54) is 11.1 Å². The number of epoxide rings is 2. The molecule has 0 aromatic heterocycles. The highest BCUT2D eigenvalue weighted by Crippen LogP contribution is 2.27. The van der Waals surface area contributed by atoms with Crippen LogP contribution in [-0.4, -0.2) is 51.8 Å². The van der Waals surface area contributed by atoms with Gasteiger partial charge in [-0.2, -0.15) is 0 Å². The molecular weight excluding hydrogens is 649 g/mol. The molecule has 2 heterocycles. The fraction of sp³-hybridized carbons (Fsp3) is 0.348. The molecule has 2 aliphatic rings. The minimum absolute atomic E-state index is 0.507. The first-order valence-electron chi connectivity index (χ1n) is 19.0. The molecule has 0 radical (unpaired) electrons. The molecular formula is C46H50O6. The Labute approximate surface area is 308 Å². The number of rotatable bonds is 22. The van der Waals surface area contributed by atoms with Crippen molar-refractivity contribution in [3.8, 4) is 45.3 Å². The Morgan fingerprint density at radius 1 is 0.365 bits per heavy atom. The maximum atomic E-state index is 6.06. The summed E-state index contributed by atoms with van der Waals surface area (Å²) in [5, 5.41) is 0. The topological polar surface area (TPSA) is 62.0 Å². The average molecular weight is 699 g/mol. The van der Waals surface area contributed by atoms with Crippen molar-refractivity contribution in [2.75, 3.05) is 39.6 Å². The van der Waals surface area contributed by atoms with Crippen LogP contribution in [-0.2, 0) is 22.3 Å². The largest absolute Gasteiger partial charge is 0.494 e. The van der Waals surface area contributed by atoms with Crippen molar-refractivity contribution in [2.24, 2.45) is 0 Å². The molecule has 2 unspecified atom stereocenters. The van der Waals surface area contributed by atoms with Crippen molar-refractivity contribution in [1.82, 2.24) is 0 Å². The quantitative estimate of drug-likeness (QED) is 0.0530. The first-order chi connectivity index (χ1) is 25.7. The van der Waals surface area contributed by atoms with Gasteiger partial charge in [0.1, 0.15) is 23.0 Å². The van der Waals surface area contributed by atoms with E-state index in [0.29, 0.717) is 25.4 Å². The highest BCUT2D eigenvalue weighted by molar-refractivity contribution is 5.65. The Morgan fingerprint density at radius 2 is 0.654 bits per heavy atom. The normalized spacial score (nSPS) is 15.9. The fourth-order valence-corrected chi connectivity index (χ4v) is 6.22. The summed E-state index contributed by atoms with van der Waals surface area (Å²) in [4.78, 5) is 0. The number of hydrogen-bond acceptors (Lipinski definition) is 6. The highest BCUT2D eigenvalue weighted by Gasteiger charge is 2.21. The molecule has 5 aromatic rings. The minimum atomic E-state index is 0.507. The van der Waals surface area contributed by atoms with Gasteiger partial charge in [-0.15, -0.1) is 0 Å². The summed E-state index contributed by atoms with van der Waals surface area (Å²) in [6, 6.07) is 42.0. The number of hydrogen-bond donors (Lipinski definition) is 0. The van der Waals surface area contributed by atoms with Crippen molar-refractivity contribution in [3.63, 3.8) is 0 Å². The standard InChI is InChI=1S/C46H50O6/c1(5-45-33-51-45)3-29-47-41-19-11-37(12-20-41)39-15-23-43(24-16-39)49-31-27-35-7-9-36(10-8-35)28-32-50-44-25-17-40(18-26-44)38-13-21-42(22-14-38)48-30-4-2-6-46-34-52-46/h7-26,45-46H,1-6,27-34H2. The van der Waals surface area contributed by atoms with Gasteiger partial charge in [-0.3, -0.25) is 0 Å². The molecule has 0 spiro atoms. The van der Waals surface area contributed by atoms with Crippen LogP contribution in [0.2, 0.25) is 0 Å². The van der Waals surface area contributed by atoms with Crippen LogP contribution < -0.4 is 18.9 Å². The van der Waals surface area contributed by atoms with E-state index < -0.39 is 0 Å². The van der Waals surface area contributed by atoms with Gasteiger partial charge in [-0.05, 0) is 120 Å². The predicted molar refractivity (Wildman–Crippen MR) is 207 cm³/mol. The van der Waals surface area contributed by atoms with Gasteiger partial charge in [0, 0.05) is 12.8 Å². The molecule has 2 atom stereocenters. The van der Waals surface area contributed by atoms with E-state index >= 15 is 0 Å². The SMILES string of the molecule is c1cc(CCOc2ccc(-c3ccc(OCCCCC4CO4)cc3)cc2)ccc1CCOc1ccc(-c2ccc(OCCCCC3CO3)cc2)cc1. The lowest BCUT2D eigenvalue weighted by Gasteiger charge is -2.10. The van der Waals surface area contributed by atoms with Crippen LogP contribution in [0.3, 0.4) is 0 Å². The van der Waals surface area contributed by atoms with Crippen LogP contribution in [0.25, 0.3) is 22.3 Å². The van der Waals surface area contributed by atoms with E-state index in [9.17, 15) is 0 Å². The van der Waals surface area contributed by atoms with E-state index in [4.69, 9.17) is 28.4 Å².